The summed E-state index contributed by atoms with van der Waals surface area (Å²) in [6, 6.07) is 3.51. The molecule has 1 aliphatic rings. The summed E-state index contributed by atoms with van der Waals surface area (Å²) in [6.45, 7) is 3.19. The van der Waals surface area contributed by atoms with Crippen LogP contribution in [-0.4, -0.2) is 17.1 Å². The lowest BCUT2D eigenvalue weighted by Crippen LogP contribution is -2.36. The van der Waals surface area contributed by atoms with E-state index in [1.807, 2.05) is 0 Å². The van der Waals surface area contributed by atoms with E-state index in [4.69, 9.17) is 10.5 Å². The summed E-state index contributed by atoms with van der Waals surface area (Å²) in [6.07, 6.45) is -4.79. The number of hydrogen-bond acceptors (Lipinski definition) is 4. The Morgan fingerprint density at radius 3 is 2.53 bits per heavy atom. The van der Waals surface area contributed by atoms with Crippen molar-refractivity contribution >= 4 is 5.70 Å². The van der Waals surface area contributed by atoms with Crippen LogP contribution in [0.25, 0.3) is 5.70 Å². The van der Waals surface area contributed by atoms with Crippen LogP contribution in [0.3, 0.4) is 0 Å². The Morgan fingerprint density at radius 2 is 1.95 bits per heavy atom. The Morgan fingerprint density at radius 1 is 1.32 bits per heavy atom. The first-order valence-corrected chi connectivity index (χ1v) is 5.38. The molecule has 19 heavy (non-hydrogen) atoms. The van der Waals surface area contributed by atoms with Crippen LogP contribution in [0.1, 0.15) is 19.4 Å². The Kier molecular flexibility index (Phi) is 2.80. The van der Waals surface area contributed by atoms with Crippen LogP contribution in [0.5, 0.6) is 11.5 Å². The zero-order valence-corrected chi connectivity index (χ0v) is 10.2. The minimum Gasteiger partial charge on any atom is -0.506 e. The van der Waals surface area contributed by atoms with E-state index in [1.165, 1.54) is 6.07 Å². The summed E-state index contributed by atoms with van der Waals surface area (Å²) in [5.41, 5.74) is 4.82. The van der Waals surface area contributed by atoms with E-state index in [2.05, 4.69) is 4.74 Å². The van der Waals surface area contributed by atoms with Crippen molar-refractivity contribution in [2.45, 2.75) is 25.8 Å². The molecule has 104 valence electrons. The first kappa shape index (κ1) is 13.4. The number of rotatable bonds is 1. The minimum atomic E-state index is -4.79. The Bertz CT molecular complexity index is 550. The second kappa shape index (κ2) is 3.97. The highest BCUT2D eigenvalue weighted by Crippen LogP contribution is 2.39. The fourth-order valence-corrected chi connectivity index (χ4v) is 1.78. The molecule has 1 aromatic rings. The second-order valence-corrected chi connectivity index (χ2v) is 4.58. The lowest BCUT2D eigenvalue weighted by Gasteiger charge is -2.32. The maximum atomic E-state index is 12.1. The number of benzene rings is 1. The maximum Gasteiger partial charge on any atom is 0.573 e. The van der Waals surface area contributed by atoms with E-state index in [9.17, 15) is 18.3 Å². The number of nitrogens with two attached hydrogens (primary N) is 1. The number of fused-ring (bicyclic) bond motifs is 1. The monoisotopic (exact) mass is 275 g/mol. The zero-order chi connectivity index (χ0) is 14.4. The minimum absolute atomic E-state index is 0.0288. The summed E-state index contributed by atoms with van der Waals surface area (Å²) in [5, 5.41) is 9.84. The molecule has 0 aromatic heterocycles. The SMILES string of the molecule is CC1(C)Oc2ccc(OC(F)(F)F)cc2C(N)=C1O. The van der Waals surface area contributed by atoms with Gasteiger partial charge in [-0.3, -0.25) is 0 Å². The van der Waals surface area contributed by atoms with Gasteiger partial charge in [0.1, 0.15) is 11.5 Å². The van der Waals surface area contributed by atoms with Crippen molar-refractivity contribution in [3.8, 4) is 11.5 Å². The van der Waals surface area contributed by atoms with Crippen molar-refractivity contribution in [1.29, 1.82) is 0 Å². The highest BCUT2D eigenvalue weighted by Gasteiger charge is 2.36. The van der Waals surface area contributed by atoms with Gasteiger partial charge in [0, 0.05) is 5.56 Å². The molecule has 0 spiro atoms. The van der Waals surface area contributed by atoms with E-state index in [-0.39, 0.29) is 22.8 Å². The predicted molar refractivity (Wildman–Crippen MR) is 61.6 cm³/mol. The van der Waals surface area contributed by atoms with E-state index in [0.717, 1.165) is 12.1 Å². The molecule has 0 saturated heterocycles. The third kappa shape index (κ3) is 2.54. The Hall–Kier alpha value is -2.05. The molecule has 0 unspecified atom stereocenters. The normalized spacial score (nSPS) is 17.7. The first-order valence-electron chi connectivity index (χ1n) is 5.38. The largest absolute Gasteiger partial charge is 0.573 e. The topological polar surface area (TPSA) is 64.7 Å². The van der Waals surface area contributed by atoms with Gasteiger partial charge in [-0.25, -0.2) is 0 Å². The smallest absolute Gasteiger partial charge is 0.506 e. The van der Waals surface area contributed by atoms with Crippen LogP contribution in [0.2, 0.25) is 0 Å². The van der Waals surface area contributed by atoms with Crippen molar-refractivity contribution in [2.75, 3.05) is 0 Å². The lowest BCUT2D eigenvalue weighted by atomic mass is 9.97. The van der Waals surface area contributed by atoms with Crippen LogP contribution in [-0.2, 0) is 0 Å². The van der Waals surface area contributed by atoms with Crippen LogP contribution in [0, 0.1) is 0 Å². The molecule has 0 bridgehead atoms. The molecule has 1 heterocycles. The van der Waals surface area contributed by atoms with E-state index < -0.39 is 17.7 Å². The summed E-state index contributed by atoms with van der Waals surface area (Å²) in [7, 11) is 0. The van der Waals surface area contributed by atoms with Gasteiger partial charge in [-0.05, 0) is 32.0 Å². The molecular weight excluding hydrogens is 263 g/mol. The lowest BCUT2D eigenvalue weighted by molar-refractivity contribution is -0.274. The van der Waals surface area contributed by atoms with Gasteiger partial charge >= 0.3 is 6.36 Å². The molecule has 0 saturated carbocycles. The summed E-state index contributed by atoms with van der Waals surface area (Å²) >= 11 is 0. The molecule has 7 heteroatoms. The molecule has 0 amide bonds. The average Bonchev–Trinajstić information content (AvgIpc) is 2.25. The molecule has 0 aliphatic carbocycles. The molecule has 0 fully saturated rings. The first-order chi connectivity index (χ1) is 8.60. The summed E-state index contributed by atoms with van der Waals surface area (Å²) in [5.74, 6) is -0.371. The number of aliphatic hydroxyl groups excluding tert-OH is 1. The van der Waals surface area contributed by atoms with E-state index in [1.54, 1.807) is 13.8 Å². The molecule has 1 aliphatic heterocycles. The van der Waals surface area contributed by atoms with Crippen LogP contribution < -0.4 is 15.2 Å². The molecule has 1 aromatic carbocycles. The number of ether oxygens (including phenoxy) is 2. The van der Waals surface area contributed by atoms with Crippen molar-refractivity contribution in [1.82, 2.24) is 0 Å². The zero-order valence-electron chi connectivity index (χ0n) is 10.2. The molecule has 2 rings (SSSR count). The number of aliphatic hydroxyl groups is 1. The van der Waals surface area contributed by atoms with Gasteiger partial charge < -0.3 is 20.3 Å². The van der Waals surface area contributed by atoms with Gasteiger partial charge in [0.25, 0.3) is 0 Å². The predicted octanol–water partition coefficient (Wildman–Crippen LogP) is 2.94. The van der Waals surface area contributed by atoms with Crippen molar-refractivity contribution in [3.63, 3.8) is 0 Å². The molecule has 4 nitrogen and oxygen atoms in total. The standard InChI is InChI=1S/C12H12F3NO3/c1-11(2)10(17)9(16)7-5-6(18-12(13,14)15)3-4-8(7)19-11/h3-5,17H,16H2,1-2H3. The van der Waals surface area contributed by atoms with Gasteiger partial charge in [-0.15, -0.1) is 13.2 Å². The van der Waals surface area contributed by atoms with Crippen molar-refractivity contribution < 1.29 is 27.8 Å². The van der Waals surface area contributed by atoms with E-state index in [0.29, 0.717) is 0 Å². The average molecular weight is 275 g/mol. The third-order valence-electron chi connectivity index (χ3n) is 2.67. The second-order valence-electron chi connectivity index (χ2n) is 4.58. The molecule has 3 N–H and O–H groups in total. The fraction of sp³-hybridized carbons (Fsp3) is 0.333. The van der Waals surface area contributed by atoms with Gasteiger partial charge in [0.05, 0.1) is 5.70 Å². The number of alkyl halides is 3. The van der Waals surface area contributed by atoms with Gasteiger partial charge in [-0.1, -0.05) is 0 Å². The Balaban J connectivity index is 2.45. The maximum absolute atomic E-state index is 12.1. The van der Waals surface area contributed by atoms with E-state index >= 15 is 0 Å². The highest BCUT2D eigenvalue weighted by molar-refractivity contribution is 5.73. The molecular formula is C12H12F3NO3. The molecule has 0 radical (unpaired) electrons. The van der Waals surface area contributed by atoms with Gasteiger partial charge in [0.2, 0.25) is 0 Å². The Labute approximate surface area is 107 Å². The molecule has 0 atom stereocenters. The highest BCUT2D eigenvalue weighted by atomic mass is 19.4. The van der Waals surface area contributed by atoms with Gasteiger partial charge in [0.15, 0.2) is 11.4 Å². The number of hydrogen-bond donors (Lipinski definition) is 2. The van der Waals surface area contributed by atoms with Crippen LogP contribution in [0.4, 0.5) is 13.2 Å². The van der Waals surface area contributed by atoms with Gasteiger partial charge in [-0.2, -0.15) is 0 Å². The number of halogens is 3. The van der Waals surface area contributed by atoms with Crippen LogP contribution >= 0.6 is 0 Å². The summed E-state index contributed by atoms with van der Waals surface area (Å²) in [4.78, 5) is 0. The fourth-order valence-electron chi connectivity index (χ4n) is 1.78. The van der Waals surface area contributed by atoms with Crippen molar-refractivity contribution in [2.24, 2.45) is 5.73 Å². The van der Waals surface area contributed by atoms with Crippen LogP contribution in [0.15, 0.2) is 24.0 Å². The quantitative estimate of drug-likeness (QED) is 0.827. The summed E-state index contributed by atoms with van der Waals surface area (Å²) < 4.78 is 45.6. The third-order valence-corrected chi connectivity index (χ3v) is 2.67. The van der Waals surface area contributed by atoms with Crippen molar-refractivity contribution in [3.05, 3.63) is 29.5 Å².